The Morgan fingerprint density at radius 3 is 2.45 bits per heavy atom. The van der Waals surface area contributed by atoms with E-state index in [-0.39, 0.29) is 12.6 Å². The maximum absolute atomic E-state index is 4.36. The van der Waals surface area contributed by atoms with Gasteiger partial charge in [0.15, 0.2) is 0 Å². The maximum Gasteiger partial charge on any atom is 0.243 e. The van der Waals surface area contributed by atoms with Gasteiger partial charge in [0.05, 0.1) is 0 Å². The van der Waals surface area contributed by atoms with Gasteiger partial charge in [0.2, 0.25) is 6.71 Å². The molecule has 2 aromatic carbocycles. The van der Waals surface area contributed by atoms with E-state index in [1.54, 1.807) is 0 Å². The minimum atomic E-state index is 0.170. The first-order valence-corrected chi connectivity index (χ1v) is 14.9. The zero-order chi connectivity index (χ0) is 28.4. The highest BCUT2D eigenvalue weighted by Gasteiger charge is 2.39. The Hall–Kier alpha value is -3.52. The molecule has 1 nitrogen and oxygen atoms in total. The monoisotopic (exact) mass is 525 g/mol. The van der Waals surface area contributed by atoms with E-state index in [9.17, 15) is 0 Å². The summed E-state index contributed by atoms with van der Waals surface area (Å²) in [6, 6.07) is 15.8. The predicted octanol–water partition coefficient (Wildman–Crippen LogP) is 9.50. The van der Waals surface area contributed by atoms with E-state index < -0.39 is 0 Å². The number of fused-ring (bicyclic) bond motifs is 1. The van der Waals surface area contributed by atoms with Gasteiger partial charge < -0.3 is 5.32 Å². The highest BCUT2D eigenvalue weighted by Crippen LogP contribution is 2.43. The molecule has 0 saturated carbocycles. The van der Waals surface area contributed by atoms with Gasteiger partial charge in [0.25, 0.3) is 0 Å². The molecule has 0 spiro atoms. The van der Waals surface area contributed by atoms with Crippen LogP contribution in [0, 0.1) is 25.7 Å². The molecule has 1 N–H and O–H groups in total. The lowest BCUT2D eigenvalue weighted by Gasteiger charge is -2.38. The minimum Gasteiger partial charge on any atom is -0.362 e. The molecule has 0 saturated heterocycles. The van der Waals surface area contributed by atoms with Crippen molar-refractivity contribution in [2.75, 3.05) is 5.32 Å². The van der Waals surface area contributed by atoms with Crippen LogP contribution in [0.4, 0.5) is 5.69 Å². The van der Waals surface area contributed by atoms with Crippen LogP contribution in [0.2, 0.25) is 0 Å². The summed E-state index contributed by atoms with van der Waals surface area (Å²) < 4.78 is 0. The van der Waals surface area contributed by atoms with Crippen LogP contribution in [-0.2, 0) is 0 Å². The summed E-state index contributed by atoms with van der Waals surface area (Å²) in [5.74, 6) is 1.42. The van der Waals surface area contributed by atoms with Gasteiger partial charge in [0.1, 0.15) is 0 Å². The third kappa shape index (κ3) is 6.28. The molecule has 1 unspecified atom stereocenters. The topological polar surface area (TPSA) is 12.0 Å². The first kappa shape index (κ1) is 28.0. The van der Waals surface area contributed by atoms with Crippen LogP contribution in [0.1, 0.15) is 69.6 Å². The van der Waals surface area contributed by atoms with Gasteiger partial charge in [-0.2, -0.15) is 0 Å². The Labute approximate surface area is 243 Å². The van der Waals surface area contributed by atoms with Crippen molar-refractivity contribution < 1.29 is 0 Å². The Balaban J connectivity index is 1.72. The molecule has 1 heterocycles. The second-order valence-corrected chi connectivity index (χ2v) is 12.6. The zero-order valence-electron chi connectivity index (χ0n) is 25.2. The Morgan fingerprint density at radius 2 is 1.77 bits per heavy atom. The number of anilines is 1. The third-order valence-corrected chi connectivity index (χ3v) is 8.49. The Morgan fingerprint density at radius 1 is 1.02 bits per heavy atom. The van der Waals surface area contributed by atoms with Crippen molar-refractivity contribution in [1.82, 2.24) is 0 Å². The molecule has 2 heteroatoms. The van der Waals surface area contributed by atoms with Crippen molar-refractivity contribution in [3.8, 4) is 0 Å². The van der Waals surface area contributed by atoms with Crippen molar-refractivity contribution in [1.29, 1.82) is 0 Å². The first-order valence-electron chi connectivity index (χ1n) is 14.9. The van der Waals surface area contributed by atoms with Crippen molar-refractivity contribution in [3.05, 3.63) is 142 Å². The van der Waals surface area contributed by atoms with E-state index in [0.29, 0.717) is 11.8 Å². The number of hydrogen-bond donors (Lipinski definition) is 1. The zero-order valence-corrected chi connectivity index (χ0v) is 25.2. The average molecular weight is 526 g/mol. The standard InChI is InChI=1S/C38H44BN/c1-25(2)18-36-35(23-31-13-8-26(3)9-14-31)34-17-12-28(5)22-37(34)39(32-20-29(6)19-30(7)21-32)38(36)24-40-33-15-10-27(4)11-16-33/h8,10-18,20-22,24,26,29,35,40H,1,9,19,23H2,2-7H3/b36-18-,38-24-/t26?,29-,35+/m1/s1. The molecule has 2 aliphatic carbocycles. The number of rotatable bonds is 6. The van der Waals surface area contributed by atoms with E-state index in [1.807, 2.05) is 0 Å². The van der Waals surface area contributed by atoms with E-state index in [1.165, 1.54) is 49.8 Å². The lowest BCUT2D eigenvalue weighted by atomic mass is 9.30. The largest absolute Gasteiger partial charge is 0.362 e. The predicted molar refractivity (Wildman–Crippen MR) is 176 cm³/mol. The molecule has 2 aromatic rings. The van der Waals surface area contributed by atoms with Crippen LogP contribution >= 0.6 is 0 Å². The Bertz CT molecular complexity index is 1470. The molecule has 204 valence electrons. The van der Waals surface area contributed by atoms with Crippen molar-refractivity contribution in [2.45, 2.75) is 66.7 Å². The molecular formula is C38H44BN. The lowest BCUT2D eigenvalue weighted by molar-refractivity contribution is 0.704. The van der Waals surface area contributed by atoms with Crippen LogP contribution in [0.3, 0.4) is 0 Å². The molecule has 0 amide bonds. The second kappa shape index (κ2) is 11.9. The van der Waals surface area contributed by atoms with Crippen LogP contribution in [0.5, 0.6) is 0 Å². The molecule has 3 atom stereocenters. The SMILES string of the molecule is C=C(C)/C=C1\C(=C\Nc2ccc(C)cc2)B(C2=C[C@H](C)CC(C)=C2)c2cc(C)ccc2[C@@H]1CC1=CCC(C)C=C1. The number of hydrogen-bond acceptors (Lipinski definition) is 1. The molecule has 0 radical (unpaired) electrons. The summed E-state index contributed by atoms with van der Waals surface area (Å²) in [4.78, 5) is 0. The number of nitrogens with one attached hydrogen (secondary N) is 1. The summed E-state index contributed by atoms with van der Waals surface area (Å²) >= 11 is 0. The summed E-state index contributed by atoms with van der Waals surface area (Å²) in [5.41, 5.74) is 14.7. The quantitative estimate of drug-likeness (QED) is 0.370. The van der Waals surface area contributed by atoms with Gasteiger partial charge in [-0.15, -0.1) is 0 Å². The molecule has 0 bridgehead atoms. The van der Waals surface area contributed by atoms with Crippen LogP contribution < -0.4 is 10.8 Å². The van der Waals surface area contributed by atoms with E-state index in [0.717, 1.165) is 30.5 Å². The second-order valence-electron chi connectivity index (χ2n) is 12.6. The summed E-state index contributed by atoms with van der Waals surface area (Å²) in [6.07, 6.45) is 20.0. The summed E-state index contributed by atoms with van der Waals surface area (Å²) in [7, 11) is 0. The molecule has 5 rings (SSSR count). The fraction of sp³-hybridized carbons (Fsp3) is 0.316. The molecule has 1 aliphatic heterocycles. The normalized spacial score (nSPS) is 24.4. The molecule has 3 aliphatic rings. The van der Waals surface area contributed by atoms with Crippen LogP contribution in [-0.4, -0.2) is 6.71 Å². The highest BCUT2D eigenvalue weighted by atomic mass is 14.8. The molecular weight excluding hydrogens is 481 g/mol. The lowest BCUT2D eigenvalue weighted by Crippen LogP contribution is -2.44. The van der Waals surface area contributed by atoms with Crippen molar-refractivity contribution in [3.63, 3.8) is 0 Å². The fourth-order valence-electron chi connectivity index (χ4n) is 6.60. The fourth-order valence-corrected chi connectivity index (χ4v) is 6.60. The van der Waals surface area contributed by atoms with E-state index in [2.05, 4.69) is 139 Å². The van der Waals surface area contributed by atoms with Gasteiger partial charge in [-0.3, -0.25) is 0 Å². The van der Waals surface area contributed by atoms with Gasteiger partial charge in [-0.25, -0.2) is 0 Å². The first-order chi connectivity index (χ1) is 19.2. The van der Waals surface area contributed by atoms with Crippen LogP contribution in [0.25, 0.3) is 0 Å². The molecule has 40 heavy (non-hydrogen) atoms. The van der Waals surface area contributed by atoms with Crippen molar-refractivity contribution >= 4 is 17.9 Å². The van der Waals surface area contributed by atoms with Gasteiger partial charge in [0, 0.05) is 11.6 Å². The number of aryl methyl sites for hydroxylation is 2. The molecule has 0 aromatic heterocycles. The average Bonchev–Trinajstić information content (AvgIpc) is 2.90. The van der Waals surface area contributed by atoms with E-state index >= 15 is 0 Å². The third-order valence-electron chi connectivity index (χ3n) is 8.49. The number of benzene rings is 2. The van der Waals surface area contributed by atoms with E-state index in [4.69, 9.17) is 0 Å². The molecule has 0 fully saturated rings. The summed E-state index contributed by atoms with van der Waals surface area (Å²) in [6.45, 7) is 17.9. The highest BCUT2D eigenvalue weighted by molar-refractivity contribution is 6.88. The van der Waals surface area contributed by atoms with Gasteiger partial charge >= 0.3 is 0 Å². The van der Waals surface area contributed by atoms with Gasteiger partial charge in [-0.1, -0.05) is 126 Å². The minimum absolute atomic E-state index is 0.170. The van der Waals surface area contributed by atoms with Crippen LogP contribution in [0.15, 0.2) is 125 Å². The summed E-state index contributed by atoms with van der Waals surface area (Å²) in [5, 5.41) is 3.70. The maximum atomic E-state index is 4.36. The van der Waals surface area contributed by atoms with Crippen molar-refractivity contribution in [2.24, 2.45) is 11.8 Å². The van der Waals surface area contributed by atoms with Gasteiger partial charge in [-0.05, 0) is 93.7 Å². The number of allylic oxidation sites excluding steroid dienone is 12. The smallest absolute Gasteiger partial charge is 0.243 e. The Kier molecular flexibility index (Phi) is 8.36.